The van der Waals surface area contributed by atoms with E-state index in [1.807, 2.05) is 0 Å². The number of aryl methyl sites for hydroxylation is 1. The third-order valence-electron chi connectivity index (χ3n) is 3.29. The Labute approximate surface area is 125 Å². The highest BCUT2D eigenvalue weighted by Crippen LogP contribution is 2.32. The molecule has 8 heteroatoms. The van der Waals surface area contributed by atoms with E-state index in [9.17, 15) is 10.1 Å². The summed E-state index contributed by atoms with van der Waals surface area (Å²) < 4.78 is 1.72. The van der Waals surface area contributed by atoms with Gasteiger partial charge in [0.25, 0.3) is 0 Å². The summed E-state index contributed by atoms with van der Waals surface area (Å²) in [6.07, 6.45) is 5.81. The summed E-state index contributed by atoms with van der Waals surface area (Å²) >= 11 is 0. The quantitative estimate of drug-likeness (QED) is 0.425. The Morgan fingerprint density at radius 3 is 2.95 bits per heavy atom. The van der Waals surface area contributed by atoms with Crippen molar-refractivity contribution in [1.82, 2.24) is 20.0 Å². The second-order valence-electron chi connectivity index (χ2n) is 4.74. The zero-order chi connectivity index (χ0) is 15.4. The Morgan fingerprint density at radius 2 is 2.18 bits per heavy atom. The molecule has 0 aliphatic carbocycles. The van der Waals surface area contributed by atoms with Crippen molar-refractivity contribution in [2.45, 2.75) is 13.0 Å². The highest BCUT2D eigenvalue weighted by atomic mass is 16.6. The first-order chi connectivity index (χ1) is 10.8. The van der Waals surface area contributed by atoms with Gasteiger partial charge in [0.15, 0.2) is 0 Å². The number of rotatable bonds is 6. The molecule has 8 nitrogen and oxygen atoms in total. The molecule has 3 rings (SSSR count). The number of nitro benzene ring substituents is 1. The van der Waals surface area contributed by atoms with E-state index in [0.29, 0.717) is 29.7 Å². The molecule has 1 N–H and O–H groups in total. The Bertz CT molecular complexity index is 787. The molecular formula is C14H14N6O2. The van der Waals surface area contributed by atoms with E-state index in [4.69, 9.17) is 0 Å². The van der Waals surface area contributed by atoms with Crippen molar-refractivity contribution in [3.05, 3.63) is 53.0 Å². The van der Waals surface area contributed by atoms with Crippen molar-refractivity contribution in [3.63, 3.8) is 0 Å². The van der Waals surface area contributed by atoms with Crippen LogP contribution in [0.15, 0.2) is 42.9 Å². The lowest BCUT2D eigenvalue weighted by Crippen LogP contribution is -2.08. The second-order valence-corrected chi connectivity index (χ2v) is 4.74. The zero-order valence-corrected chi connectivity index (χ0v) is 11.7. The monoisotopic (exact) mass is 298 g/mol. The van der Waals surface area contributed by atoms with Crippen LogP contribution < -0.4 is 5.32 Å². The van der Waals surface area contributed by atoms with E-state index in [0.717, 1.165) is 6.42 Å². The van der Waals surface area contributed by atoms with E-state index < -0.39 is 0 Å². The molecule has 2 aromatic heterocycles. The van der Waals surface area contributed by atoms with Crippen molar-refractivity contribution < 1.29 is 4.92 Å². The van der Waals surface area contributed by atoms with E-state index in [1.54, 1.807) is 47.5 Å². The molecule has 3 aromatic rings. The molecule has 0 aliphatic rings. The van der Waals surface area contributed by atoms with Crippen LogP contribution in [0.1, 0.15) is 6.42 Å². The number of anilines is 1. The first-order valence-electron chi connectivity index (χ1n) is 6.86. The summed E-state index contributed by atoms with van der Waals surface area (Å²) in [7, 11) is 0. The molecule has 0 atom stereocenters. The van der Waals surface area contributed by atoms with Crippen LogP contribution in [0, 0.1) is 10.1 Å². The van der Waals surface area contributed by atoms with Crippen molar-refractivity contribution in [2.75, 3.05) is 11.9 Å². The van der Waals surface area contributed by atoms with Crippen LogP contribution in [0.3, 0.4) is 0 Å². The first kappa shape index (κ1) is 13.9. The average Bonchev–Trinajstić information content (AvgIpc) is 3.04. The van der Waals surface area contributed by atoms with Crippen LogP contribution >= 0.6 is 0 Å². The summed E-state index contributed by atoms with van der Waals surface area (Å²) in [5.41, 5.74) is 1.18. The zero-order valence-electron chi connectivity index (χ0n) is 11.7. The third kappa shape index (κ3) is 2.85. The van der Waals surface area contributed by atoms with Gasteiger partial charge in [-0.1, -0.05) is 5.21 Å². The SMILES string of the molecule is O=[N+]([O-])c1c(NCCCn2ccnn2)ccc2ncccc12. The fourth-order valence-corrected chi connectivity index (χ4v) is 2.29. The minimum Gasteiger partial charge on any atom is -0.379 e. The molecule has 0 saturated carbocycles. The maximum Gasteiger partial charge on any atom is 0.301 e. The number of nitrogens with one attached hydrogen (secondary N) is 1. The van der Waals surface area contributed by atoms with Gasteiger partial charge in [0.2, 0.25) is 0 Å². The standard InChI is InChI=1S/C14H14N6O2/c21-20(22)14-11-3-1-6-15-12(11)4-5-13(14)16-7-2-9-19-10-8-17-18-19/h1,3-6,8,10,16H,2,7,9H2. The van der Waals surface area contributed by atoms with Crippen molar-refractivity contribution in [3.8, 4) is 0 Å². The minimum absolute atomic E-state index is 0.0614. The smallest absolute Gasteiger partial charge is 0.301 e. The Morgan fingerprint density at radius 1 is 1.27 bits per heavy atom. The average molecular weight is 298 g/mol. The predicted octanol–water partition coefficient (Wildman–Crippen LogP) is 2.24. The highest BCUT2D eigenvalue weighted by molar-refractivity contribution is 5.94. The largest absolute Gasteiger partial charge is 0.379 e. The highest BCUT2D eigenvalue weighted by Gasteiger charge is 2.18. The molecule has 112 valence electrons. The molecule has 1 aromatic carbocycles. The molecule has 0 amide bonds. The Kier molecular flexibility index (Phi) is 3.90. The predicted molar refractivity (Wildman–Crippen MR) is 81.5 cm³/mol. The van der Waals surface area contributed by atoms with Crippen LogP contribution in [0.4, 0.5) is 11.4 Å². The molecule has 22 heavy (non-hydrogen) atoms. The fourth-order valence-electron chi connectivity index (χ4n) is 2.29. The molecule has 0 spiro atoms. The number of hydrogen-bond acceptors (Lipinski definition) is 6. The summed E-state index contributed by atoms with van der Waals surface area (Å²) in [5.74, 6) is 0. The van der Waals surface area contributed by atoms with Gasteiger partial charge >= 0.3 is 5.69 Å². The lowest BCUT2D eigenvalue weighted by Gasteiger charge is -2.08. The van der Waals surface area contributed by atoms with Gasteiger partial charge in [-0.25, -0.2) is 0 Å². The Hall–Kier alpha value is -3.03. The van der Waals surface area contributed by atoms with Crippen LogP contribution in [-0.2, 0) is 6.54 Å². The van der Waals surface area contributed by atoms with Gasteiger partial charge in [-0.3, -0.25) is 19.8 Å². The number of hydrogen-bond donors (Lipinski definition) is 1. The normalized spacial score (nSPS) is 10.7. The van der Waals surface area contributed by atoms with E-state index in [-0.39, 0.29) is 10.6 Å². The van der Waals surface area contributed by atoms with Crippen molar-refractivity contribution in [2.24, 2.45) is 0 Å². The maximum absolute atomic E-state index is 11.4. The van der Waals surface area contributed by atoms with Gasteiger partial charge in [0, 0.05) is 25.5 Å². The van der Waals surface area contributed by atoms with Gasteiger partial charge < -0.3 is 5.32 Å². The summed E-state index contributed by atoms with van der Waals surface area (Å²) in [6.45, 7) is 1.31. The van der Waals surface area contributed by atoms with Crippen molar-refractivity contribution >= 4 is 22.3 Å². The van der Waals surface area contributed by atoms with Gasteiger partial charge in [0.05, 0.1) is 22.0 Å². The molecular weight excluding hydrogens is 284 g/mol. The van der Waals surface area contributed by atoms with Gasteiger partial charge in [-0.2, -0.15) is 0 Å². The van der Waals surface area contributed by atoms with E-state index in [2.05, 4.69) is 20.6 Å². The summed E-state index contributed by atoms with van der Waals surface area (Å²) in [6, 6.07) is 6.88. The molecule has 0 aliphatic heterocycles. The fraction of sp³-hybridized carbons (Fsp3) is 0.214. The number of nitrogens with zero attached hydrogens (tertiary/aromatic N) is 5. The van der Waals surface area contributed by atoms with E-state index >= 15 is 0 Å². The number of pyridine rings is 1. The molecule has 0 fully saturated rings. The first-order valence-corrected chi connectivity index (χ1v) is 6.86. The molecule has 0 unspecified atom stereocenters. The molecule has 0 bridgehead atoms. The molecule has 0 radical (unpaired) electrons. The molecule has 2 heterocycles. The summed E-state index contributed by atoms with van der Waals surface area (Å²) in [4.78, 5) is 15.1. The lowest BCUT2D eigenvalue weighted by atomic mass is 10.1. The minimum atomic E-state index is -0.371. The van der Waals surface area contributed by atoms with Crippen molar-refractivity contribution in [1.29, 1.82) is 0 Å². The Balaban J connectivity index is 1.75. The third-order valence-corrected chi connectivity index (χ3v) is 3.29. The maximum atomic E-state index is 11.4. The summed E-state index contributed by atoms with van der Waals surface area (Å²) in [5, 5.41) is 22.6. The number of fused-ring (bicyclic) bond motifs is 1. The van der Waals surface area contributed by atoms with E-state index in [1.165, 1.54) is 0 Å². The second kappa shape index (κ2) is 6.17. The van der Waals surface area contributed by atoms with Crippen LogP contribution in [0.25, 0.3) is 10.9 Å². The number of aromatic nitrogens is 4. The topological polar surface area (TPSA) is 98.8 Å². The lowest BCUT2D eigenvalue weighted by molar-refractivity contribution is -0.382. The van der Waals surface area contributed by atoms with Gasteiger partial charge in [-0.05, 0) is 30.7 Å². The van der Waals surface area contributed by atoms with Crippen LogP contribution in [0.5, 0.6) is 0 Å². The van der Waals surface area contributed by atoms with Gasteiger partial charge in [0.1, 0.15) is 5.69 Å². The van der Waals surface area contributed by atoms with Gasteiger partial charge in [-0.15, -0.1) is 5.10 Å². The van der Waals surface area contributed by atoms with Crippen LogP contribution in [0.2, 0.25) is 0 Å². The number of nitro groups is 1. The number of benzene rings is 1. The molecule has 0 saturated heterocycles. The van der Waals surface area contributed by atoms with Crippen LogP contribution in [-0.4, -0.2) is 31.4 Å².